The molecule has 2 aliphatic rings. The lowest BCUT2D eigenvalue weighted by atomic mass is 10.1. The smallest absolute Gasteiger partial charge is 0.302 e. The Kier molecular flexibility index (Phi) is 8.63. The normalized spacial score (nSPS) is 12.3. The first-order valence-electron chi connectivity index (χ1n) is 14.7. The van der Waals surface area contributed by atoms with Gasteiger partial charge in [0.05, 0.1) is 40.4 Å². The number of aryl methyl sites for hydroxylation is 4. The fourth-order valence-corrected chi connectivity index (χ4v) is 5.72. The number of carbonyl (C=O) groups excluding carboxylic acids is 1. The highest BCUT2D eigenvalue weighted by Crippen LogP contribution is 2.31. The summed E-state index contributed by atoms with van der Waals surface area (Å²) in [4.78, 5) is 21.1. The lowest BCUT2D eigenvalue weighted by Crippen LogP contribution is -2.04. The van der Waals surface area contributed by atoms with Crippen molar-refractivity contribution in [3.05, 3.63) is 70.3 Å². The van der Waals surface area contributed by atoms with E-state index in [1.807, 2.05) is 12.2 Å². The van der Waals surface area contributed by atoms with Crippen LogP contribution in [0.2, 0.25) is 0 Å². The lowest BCUT2D eigenvalue weighted by Gasteiger charge is -2.12. The number of ether oxygens (including phenoxy) is 1. The van der Waals surface area contributed by atoms with Crippen LogP contribution >= 0.6 is 0 Å². The van der Waals surface area contributed by atoms with Gasteiger partial charge in [-0.05, 0) is 104 Å². The van der Waals surface area contributed by atoms with E-state index >= 15 is 0 Å². The molecule has 3 aromatic rings. The van der Waals surface area contributed by atoms with Crippen molar-refractivity contribution >= 4 is 52.3 Å². The Bertz CT molecular complexity index is 1620. The molecule has 0 fully saturated rings. The molecule has 0 radical (unpaired) electrons. The van der Waals surface area contributed by atoms with Crippen molar-refractivity contribution in [2.75, 3.05) is 6.61 Å². The summed E-state index contributed by atoms with van der Waals surface area (Å²) in [5.41, 5.74) is 11.3. The maximum atomic E-state index is 11.4. The van der Waals surface area contributed by atoms with Crippen molar-refractivity contribution < 1.29 is 9.53 Å². The number of fused-ring (bicyclic) bond motifs is 10. The van der Waals surface area contributed by atoms with E-state index in [4.69, 9.17) is 14.7 Å². The Morgan fingerprint density at radius 3 is 1.73 bits per heavy atom. The van der Waals surface area contributed by atoms with Crippen LogP contribution in [0.5, 0.6) is 0 Å². The minimum Gasteiger partial charge on any atom is -0.466 e. The fourth-order valence-electron chi connectivity index (χ4n) is 5.72. The number of nitrogens with zero attached hydrogens (tertiary/aromatic N) is 4. The topological polar surface area (TPSA) is 61.9 Å². The van der Waals surface area contributed by atoms with Gasteiger partial charge in [0.25, 0.3) is 0 Å². The SMILES string of the molecule is CCCc1cc2ccc3nc(c4nc(ccc5cc(CCCOC(C)=O)c(c1n2CCC)n5CCC)C=C4)C=C3. The predicted molar refractivity (Wildman–Crippen MR) is 166 cm³/mol. The van der Waals surface area contributed by atoms with Gasteiger partial charge in [-0.15, -0.1) is 0 Å². The number of esters is 1. The van der Waals surface area contributed by atoms with Gasteiger partial charge in [0.15, 0.2) is 0 Å². The number of aromatic nitrogens is 4. The second-order valence-corrected chi connectivity index (χ2v) is 10.6. The van der Waals surface area contributed by atoms with Gasteiger partial charge >= 0.3 is 5.97 Å². The summed E-state index contributed by atoms with van der Waals surface area (Å²) in [6, 6.07) is 13.3. The quantitative estimate of drug-likeness (QED) is 0.135. The van der Waals surface area contributed by atoms with E-state index in [1.165, 1.54) is 40.1 Å². The summed E-state index contributed by atoms with van der Waals surface area (Å²) < 4.78 is 10.3. The van der Waals surface area contributed by atoms with Crippen LogP contribution in [-0.4, -0.2) is 31.7 Å². The van der Waals surface area contributed by atoms with Gasteiger partial charge in [0, 0.05) is 31.0 Å². The van der Waals surface area contributed by atoms with Gasteiger partial charge in [0.2, 0.25) is 0 Å². The molecule has 0 spiro atoms. The molecular formula is C34H40N4O2. The number of rotatable bonds is 10. The molecule has 5 heterocycles. The molecule has 6 heteroatoms. The molecule has 6 nitrogen and oxygen atoms in total. The monoisotopic (exact) mass is 536 g/mol. The van der Waals surface area contributed by atoms with Crippen LogP contribution in [0.1, 0.15) is 87.3 Å². The van der Waals surface area contributed by atoms with Crippen LogP contribution in [-0.2, 0) is 35.5 Å². The Morgan fingerprint density at radius 1 is 0.725 bits per heavy atom. The van der Waals surface area contributed by atoms with Gasteiger partial charge < -0.3 is 13.9 Å². The predicted octanol–water partition coefficient (Wildman–Crippen LogP) is 7.87. The molecule has 2 aliphatic heterocycles. The second-order valence-electron chi connectivity index (χ2n) is 10.6. The van der Waals surface area contributed by atoms with Crippen LogP contribution in [0.4, 0.5) is 0 Å². The second kappa shape index (κ2) is 12.5. The van der Waals surface area contributed by atoms with Crippen molar-refractivity contribution in [3.63, 3.8) is 0 Å². The molecule has 0 saturated carbocycles. The first kappa shape index (κ1) is 27.6. The van der Waals surface area contributed by atoms with Gasteiger partial charge in [-0.25, -0.2) is 9.97 Å². The summed E-state index contributed by atoms with van der Waals surface area (Å²) in [6.45, 7) is 10.5. The average Bonchev–Trinajstić information content (AvgIpc) is 3.71. The highest BCUT2D eigenvalue weighted by atomic mass is 16.5. The molecule has 40 heavy (non-hydrogen) atoms. The molecular weight excluding hydrogens is 496 g/mol. The van der Waals surface area contributed by atoms with Crippen molar-refractivity contribution in [1.29, 1.82) is 0 Å². The molecule has 0 N–H and O–H groups in total. The molecule has 0 unspecified atom stereocenters. The molecule has 8 bridgehead atoms. The first-order chi connectivity index (χ1) is 19.5. The van der Waals surface area contributed by atoms with Crippen LogP contribution in [0.3, 0.4) is 0 Å². The van der Waals surface area contributed by atoms with Gasteiger partial charge in [0.1, 0.15) is 0 Å². The molecule has 0 aliphatic carbocycles. The van der Waals surface area contributed by atoms with Gasteiger partial charge in [-0.2, -0.15) is 0 Å². The number of hydrogen-bond acceptors (Lipinski definition) is 4. The summed E-state index contributed by atoms with van der Waals surface area (Å²) in [7, 11) is 0. The third-order valence-electron chi connectivity index (χ3n) is 7.38. The van der Waals surface area contributed by atoms with E-state index in [9.17, 15) is 4.79 Å². The Morgan fingerprint density at radius 2 is 1.25 bits per heavy atom. The molecule has 208 valence electrons. The Hall–Kier alpha value is -3.93. The van der Waals surface area contributed by atoms with Crippen LogP contribution in [0.25, 0.3) is 46.4 Å². The molecule has 0 amide bonds. The summed E-state index contributed by atoms with van der Waals surface area (Å²) >= 11 is 0. The largest absolute Gasteiger partial charge is 0.466 e. The van der Waals surface area contributed by atoms with E-state index in [2.05, 4.69) is 78.5 Å². The minimum absolute atomic E-state index is 0.226. The third-order valence-corrected chi connectivity index (χ3v) is 7.38. The van der Waals surface area contributed by atoms with E-state index in [0.29, 0.717) is 6.61 Å². The lowest BCUT2D eigenvalue weighted by molar-refractivity contribution is -0.141. The zero-order valence-corrected chi connectivity index (χ0v) is 24.2. The maximum absolute atomic E-state index is 11.4. The van der Waals surface area contributed by atoms with Crippen molar-refractivity contribution in [2.24, 2.45) is 0 Å². The van der Waals surface area contributed by atoms with Crippen molar-refractivity contribution in [3.8, 4) is 0 Å². The van der Waals surface area contributed by atoms with Crippen molar-refractivity contribution in [2.45, 2.75) is 79.3 Å². The van der Waals surface area contributed by atoms with Crippen LogP contribution < -0.4 is 0 Å². The summed E-state index contributed by atoms with van der Waals surface area (Å²) in [6.07, 6.45) is 14.0. The third kappa shape index (κ3) is 5.81. The molecule has 0 saturated heterocycles. The number of carbonyl (C=O) groups is 1. The molecule has 0 atom stereocenters. The van der Waals surface area contributed by atoms with E-state index in [0.717, 1.165) is 74.4 Å². The van der Waals surface area contributed by atoms with Gasteiger partial charge in [-0.1, -0.05) is 27.2 Å². The number of hydrogen-bond donors (Lipinski definition) is 0. The molecule has 5 rings (SSSR count). The zero-order chi connectivity index (χ0) is 28.1. The van der Waals surface area contributed by atoms with Gasteiger partial charge in [-0.3, -0.25) is 4.79 Å². The average molecular weight is 537 g/mol. The highest BCUT2D eigenvalue weighted by molar-refractivity contribution is 5.89. The molecule has 0 aromatic carbocycles. The van der Waals surface area contributed by atoms with Crippen molar-refractivity contribution in [1.82, 2.24) is 19.1 Å². The minimum atomic E-state index is -0.226. The molecule has 3 aromatic heterocycles. The van der Waals surface area contributed by atoms with Crippen LogP contribution in [0, 0.1) is 0 Å². The van der Waals surface area contributed by atoms with Crippen LogP contribution in [0.15, 0.2) is 36.4 Å². The maximum Gasteiger partial charge on any atom is 0.302 e. The Balaban J connectivity index is 1.88. The standard InChI is InChI=1S/C34H40N4O2/c1-5-9-25-22-29-15-11-27-13-17-31(35-27)32-18-14-28(36-32)12-16-30-23-26(10-8-21-40-24(4)39)34(38(30)20-7-3)33(25)37(29)19-6-2/h11-18,22-23H,5-10,19-21H2,1-4H3. The zero-order valence-electron chi connectivity index (χ0n) is 24.2. The fraction of sp³-hybridized carbons (Fsp3) is 0.382. The highest BCUT2D eigenvalue weighted by Gasteiger charge is 2.17. The summed E-state index contributed by atoms with van der Waals surface area (Å²) in [5, 5.41) is 0. The van der Waals surface area contributed by atoms with E-state index in [1.54, 1.807) is 0 Å². The van der Waals surface area contributed by atoms with E-state index in [-0.39, 0.29) is 5.97 Å². The van der Waals surface area contributed by atoms with E-state index < -0.39 is 0 Å². The first-order valence-corrected chi connectivity index (χ1v) is 14.7. The Labute approximate surface area is 237 Å². The summed E-state index contributed by atoms with van der Waals surface area (Å²) in [5.74, 6) is -0.226.